The summed E-state index contributed by atoms with van der Waals surface area (Å²) in [7, 11) is 1.82. The molecule has 0 aromatic carbocycles. The first-order valence-corrected chi connectivity index (χ1v) is 9.27. The maximum atomic E-state index is 13.0. The van der Waals surface area contributed by atoms with Crippen LogP contribution in [0.4, 0.5) is 24.8 Å². The van der Waals surface area contributed by atoms with Crippen LogP contribution in [0, 0.1) is 0 Å². The minimum atomic E-state index is -4.43. The van der Waals surface area contributed by atoms with E-state index < -0.39 is 11.7 Å². The fraction of sp³-hybridized carbons (Fsp3) is 0.350. The van der Waals surface area contributed by atoms with Crippen molar-refractivity contribution in [2.75, 3.05) is 18.5 Å². The minimum Gasteiger partial charge on any atom is -0.381 e. The fourth-order valence-electron chi connectivity index (χ4n) is 3.39. The summed E-state index contributed by atoms with van der Waals surface area (Å²) in [4.78, 5) is 8.59. The second-order valence-corrected chi connectivity index (χ2v) is 7.01. The van der Waals surface area contributed by atoms with E-state index in [2.05, 4.69) is 20.4 Å². The first-order chi connectivity index (χ1) is 13.9. The first kappa shape index (κ1) is 19.4. The molecule has 4 rings (SSSR count). The molecule has 0 radical (unpaired) electrons. The van der Waals surface area contributed by atoms with Gasteiger partial charge in [0.05, 0.1) is 17.5 Å². The van der Waals surface area contributed by atoms with Gasteiger partial charge < -0.3 is 10.1 Å². The molecule has 29 heavy (non-hydrogen) atoms. The van der Waals surface area contributed by atoms with Crippen LogP contribution in [0.25, 0.3) is 11.3 Å². The van der Waals surface area contributed by atoms with Crippen LogP contribution in [0.5, 0.6) is 0 Å². The molecule has 1 aliphatic rings. The Morgan fingerprint density at radius 2 is 1.93 bits per heavy atom. The molecule has 152 valence electrons. The van der Waals surface area contributed by atoms with Crippen molar-refractivity contribution in [3.63, 3.8) is 0 Å². The summed E-state index contributed by atoms with van der Waals surface area (Å²) in [6.07, 6.45) is 2.04. The van der Waals surface area contributed by atoms with Gasteiger partial charge in [0.25, 0.3) is 0 Å². The Labute approximate surface area is 165 Å². The molecule has 0 atom stereocenters. The molecule has 0 saturated carbocycles. The lowest BCUT2D eigenvalue weighted by molar-refractivity contribution is -0.137. The molecular weight excluding hydrogens is 383 g/mol. The summed E-state index contributed by atoms with van der Waals surface area (Å²) in [5.41, 5.74) is 1.85. The van der Waals surface area contributed by atoms with Gasteiger partial charge in [0.2, 0.25) is 0 Å². The summed E-state index contributed by atoms with van der Waals surface area (Å²) < 4.78 is 46.2. The number of anilines is 2. The lowest BCUT2D eigenvalue weighted by Gasteiger charge is -2.23. The largest absolute Gasteiger partial charge is 0.416 e. The molecule has 0 amide bonds. The number of hydrogen-bond donors (Lipinski definition) is 1. The van der Waals surface area contributed by atoms with Crippen molar-refractivity contribution in [3.8, 4) is 11.3 Å². The van der Waals surface area contributed by atoms with Crippen LogP contribution in [0.15, 0.2) is 42.9 Å². The smallest absolute Gasteiger partial charge is 0.381 e. The molecule has 1 fully saturated rings. The molecule has 0 aliphatic carbocycles. The zero-order valence-electron chi connectivity index (χ0n) is 15.8. The number of aromatic nitrogens is 4. The van der Waals surface area contributed by atoms with Gasteiger partial charge in [0.1, 0.15) is 11.6 Å². The predicted octanol–water partition coefficient (Wildman–Crippen LogP) is 4.53. The molecule has 4 heterocycles. The van der Waals surface area contributed by atoms with Crippen LogP contribution >= 0.6 is 0 Å². The van der Waals surface area contributed by atoms with Crippen LogP contribution in [-0.4, -0.2) is 33.0 Å². The quantitative estimate of drug-likeness (QED) is 0.693. The zero-order valence-corrected chi connectivity index (χ0v) is 15.8. The fourth-order valence-corrected chi connectivity index (χ4v) is 3.39. The van der Waals surface area contributed by atoms with Crippen molar-refractivity contribution in [1.82, 2.24) is 19.7 Å². The van der Waals surface area contributed by atoms with E-state index in [4.69, 9.17) is 4.74 Å². The number of pyridine rings is 2. The third-order valence-electron chi connectivity index (χ3n) is 4.88. The van der Waals surface area contributed by atoms with E-state index in [1.165, 1.54) is 0 Å². The molecule has 1 saturated heterocycles. The maximum Gasteiger partial charge on any atom is 0.416 e. The Morgan fingerprint density at radius 1 is 1.14 bits per heavy atom. The van der Waals surface area contributed by atoms with Gasteiger partial charge in [0, 0.05) is 38.2 Å². The second-order valence-electron chi connectivity index (χ2n) is 7.01. The standard InChI is InChI=1S/C20H20F3N5O/c1-28-12-15(11-25-28)17-8-14(13-3-6-29-7-4-13)9-19(26-17)27-18-10-16(2-5-24-18)20(21,22)23/h2,5,8-13H,3-4,6-7H2,1H3,(H,24,26,27). The highest BCUT2D eigenvalue weighted by atomic mass is 19.4. The van der Waals surface area contributed by atoms with Crippen molar-refractivity contribution < 1.29 is 17.9 Å². The summed E-state index contributed by atoms with van der Waals surface area (Å²) in [6.45, 7) is 1.38. The van der Waals surface area contributed by atoms with Gasteiger partial charge in [-0.3, -0.25) is 4.68 Å². The van der Waals surface area contributed by atoms with E-state index >= 15 is 0 Å². The molecule has 3 aromatic heterocycles. The van der Waals surface area contributed by atoms with Crippen LogP contribution < -0.4 is 5.32 Å². The Morgan fingerprint density at radius 3 is 2.62 bits per heavy atom. The Hall–Kier alpha value is -2.94. The summed E-state index contributed by atoms with van der Waals surface area (Å²) in [6, 6.07) is 5.81. The molecule has 1 N–H and O–H groups in total. The molecule has 1 aliphatic heterocycles. The molecule has 0 spiro atoms. The summed E-state index contributed by atoms with van der Waals surface area (Å²) >= 11 is 0. The lowest BCUT2D eigenvalue weighted by Crippen LogP contribution is -2.14. The molecular formula is C20H20F3N5O. The van der Waals surface area contributed by atoms with Crippen LogP contribution in [-0.2, 0) is 18.0 Å². The average Bonchev–Trinajstić information content (AvgIpc) is 3.14. The van der Waals surface area contributed by atoms with E-state index in [9.17, 15) is 13.2 Å². The zero-order chi connectivity index (χ0) is 20.4. The van der Waals surface area contributed by atoms with Crippen molar-refractivity contribution in [3.05, 3.63) is 54.0 Å². The normalized spacial score (nSPS) is 15.4. The highest BCUT2D eigenvalue weighted by Gasteiger charge is 2.30. The number of nitrogens with zero attached hydrogens (tertiary/aromatic N) is 4. The van der Waals surface area contributed by atoms with Crippen molar-refractivity contribution in [2.45, 2.75) is 24.9 Å². The lowest BCUT2D eigenvalue weighted by atomic mass is 9.91. The highest BCUT2D eigenvalue weighted by Crippen LogP contribution is 2.33. The highest BCUT2D eigenvalue weighted by molar-refractivity contribution is 5.64. The summed E-state index contributed by atoms with van der Waals surface area (Å²) in [5, 5.41) is 7.12. The Bertz CT molecular complexity index is 996. The Kier molecular flexibility index (Phi) is 5.23. The number of halogens is 3. The number of hydrogen-bond acceptors (Lipinski definition) is 5. The monoisotopic (exact) mass is 403 g/mol. The molecule has 6 nitrogen and oxygen atoms in total. The van der Waals surface area contributed by atoms with Gasteiger partial charge in [-0.1, -0.05) is 0 Å². The number of ether oxygens (including phenoxy) is 1. The third kappa shape index (κ3) is 4.56. The van der Waals surface area contributed by atoms with Gasteiger partial charge in [-0.15, -0.1) is 0 Å². The van der Waals surface area contributed by atoms with Crippen molar-refractivity contribution in [2.24, 2.45) is 7.05 Å². The van der Waals surface area contributed by atoms with E-state index in [1.54, 1.807) is 10.9 Å². The SMILES string of the molecule is Cn1cc(-c2cc(C3CCOCC3)cc(Nc3cc(C(F)(F)F)ccn3)n2)cn1. The van der Waals surface area contributed by atoms with E-state index in [-0.39, 0.29) is 5.82 Å². The van der Waals surface area contributed by atoms with Gasteiger partial charge in [-0.25, -0.2) is 9.97 Å². The number of rotatable bonds is 4. The Balaban J connectivity index is 1.70. The third-order valence-corrected chi connectivity index (χ3v) is 4.88. The van der Waals surface area contributed by atoms with Gasteiger partial charge >= 0.3 is 6.18 Å². The molecule has 3 aromatic rings. The minimum absolute atomic E-state index is 0.0913. The second kappa shape index (κ2) is 7.82. The van der Waals surface area contributed by atoms with Gasteiger partial charge in [0.15, 0.2) is 0 Å². The van der Waals surface area contributed by atoms with E-state index in [0.29, 0.717) is 30.6 Å². The van der Waals surface area contributed by atoms with E-state index in [0.717, 1.165) is 42.3 Å². The molecule has 0 unspecified atom stereocenters. The van der Waals surface area contributed by atoms with Crippen molar-refractivity contribution >= 4 is 11.6 Å². The van der Waals surface area contributed by atoms with Crippen LogP contribution in [0.3, 0.4) is 0 Å². The predicted molar refractivity (Wildman–Crippen MR) is 102 cm³/mol. The number of alkyl halides is 3. The van der Waals surface area contributed by atoms with Gasteiger partial charge in [-0.05, 0) is 48.6 Å². The number of nitrogens with one attached hydrogen (secondary N) is 1. The first-order valence-electron chi connectivity index (χ1n) is 9.27. The van der Waals surface area contributed by atoms with Gasteiger partial charge in [-0.2, -0.15) is 18.3 Å². The summed E-state index contributed by atoms with van der Waals surface area (Å²) in [5.74, 6) is 0.838. The average molecular weight is 403 g/mol. The van der Waals surface area contributed by atoms with Crippen LogP contribution in [0.1, 0.15) is 29.9 Å². The maximum absolute atomic E-state index is 13.0. The topological polar surface area (TPSA) is 64.9 Å². The molecule has 0 bridgehead atoms. The van der Waals surface area contributed by atoms with E-state index in [1.807, 2.05) is 25.4 Å². The molecule has 9 heteroatoms. The van der Waals surface area contributed by atoms with Crippen molar-refractivity contribution in [1.29, 1.82) is 0 Å². The van der Waals surface area contributed by atoms with Crippen LogP contribution in [0.2, 0.25) is 0 Å². The number of aryl methyl sites for hydroxylation is 1.